The van der Waals surface area contributed by atoms with Crippen molar-refractivity contribution in [3.05, 3.63) is 18.3 Å². The van der Waals surface area contributed by atoms with Gasteiger partial charge in [0.15, 0.2) is 0 Å². The molecule has 1 aromatic rings. The lowest BCUT2D eigenvalue weighted by Gasteiger charge is -2.32. The number of fused-ring (bicyclic) bond motifs is 1. The molecule has 0 radical (unpaired) electrons. The Morgan fingerprint density at radius 2 is 1.84 bits per heavy atom. The number of pyridine rings is 1. The van der Waals surface area contributed by atoms with Crippen LogP contribution in [-0.2, 0) is 0 Å². The highest BCUT2D eigenvalue weighted by Gasteiger charge is 2.48. The van der Waals surface area contributed by atoms with Crippen LogP contribution in [0.3, 0.4) is 0 Å². The summed E-state index contributed by atoms with van der Waals surface area (Å²) in [5.74, 6) is 3.28. The molecular formula is C20H30N2O2S. The number of hydrogen-bond donors (Lipinski definition) is 2. The van der Waals surface area contributed by atoms with Gasteiger partial charge in [0.2, 0.25) is 0 Å². The van der Waals surface area contributed by atoms with E-state index in [0.717, 1.165) is 49.2 Å². The minimum absolute atomic E-state index is 0.220. The maximum absolute atomic E-state index is 11.1. The van der Waals surface area contributed by atoms with E-state index in [2.05, 4.69) is 9.88 Å². The predicted octanol–water partition coefficient (Wildman–Crippen LogP) is 3.88. The van der Waals surface area contributed by atoms with Crippen LogP contribution >= 0.6 is 11.8 Å². The molecule has 3 atom stereocenters. The summed E-state index contributed by atoms with van der Waals surface area (Å²) in [5, 5.41) is 21.4. The number of aromatic nitrogens is 1. The van der Waals surface area contributed by atoms with Crippen molar-refractivity contribution >= 4 is 11.8 Å². The maximum Gasteiger partial charge on any atom is 0.133 e. The van der Waals surface area contributed by atoms with Gasteiger partial charge in [-0.3, -0.25) is 4.90 Å². The van der Waals surface area contributed by atoms with E-state index >= 15 is 0 Å². The molecule has 4 rings (SSSR count). The molecule has 2 aliphatic carbocycles. The zero-order valence-electron chi connectivity index (χ0n) is 14.9. The predicted molar refractivity (Wildman–Crippen MR) is 101 cm³/mol. The Bertz CT molecular complexity index is 560. The molecule has 1 aromatic heterocycles. The zero-order chi connectivity index (χ0) is 17.3. The molecule has 0 aromatic carbocycles. The Kier molecular flexibility index (Phi) is 5.25. The van der Waals surface area contributed by atoms with Crippen molar-refractivity contribution in [1.29, 1.82) is 0 Å². The van der Waals surface area contributed by atoms with Gasteiger partial charge in [-0.25, -0.2) is 4.98 Å². The third-order valence-electron chi connectivity index (χ3n) is 6.45. The van der Waals surface area contributed by atoms with Crippen LogP contribution in [0.1, 0.15) is 51.4 Å². The topological polar surface area (TPSA) is 56.6 Å². The van der Waals surface area contributed by atoms with Gasteiger partial charge < -0.3 is 10.2 Å². The second kappa shape index (κ2) is 7.45. The standard InChI is InChI=1S/C20H30N2O2S/c23-18-6-7-19(21-11-18)25-14-22-12-16-9-20(24,10-17(16)13-22)8-15-4-2-1-3-5-15/h6-7,11,15-17,23-24H,1-5,8-10,12-14H2/t16-,17+,20-. The molecule has 2 N–H and O–H groups in total. The number of thioether (sulfide) groups is 1. The summed E-state index contributed by atoms with van der Waals surface area (Å²) in [7, 11) is 0. The highest BCUT2D eigenvalue weighted by atomic mass is 32.2. The second-order valence-corrected chi connectivity index (χ2v) is 9.49. The summed E-state index contributed by atoms with van der Waals surface area (Å²) in [5.41, 5.74) is -0.380. The second-order valence-electron chi connectivity index (χ2n) is 8.52. The third kappa shape index (κ3) is 4.32. The summed E-state index contributed by atoms with van der Waals surface area (Å²) in [6.45, 7) is 2.23. The average molecular weight is 363 g/mol. The van der Waals surface area contributed by atoms with Gasteiger partial charge in [-0.15, -0.1) is 0 Å². The lowest BCUT2D eigenvalue weighted by molar-refractivity contribution is 0.00658. The Hall–Kier alpha value is -0.780. The Labute approximate surface area is 155 Å². The number of hydrogen-bond acceptors (Lipinski definition) is 5. The summed E-state index contributed by atoms with van der Waals surface area (Å²) in [4.78, 5) is 6.75. The van der Waals surface area contributed by atoms with Crippen LogP contribution in [0.4, 0.5) is 0 Å². The highest BCUT2D eigenvalue weighted by molar-refractivity contribution is 7.99. The van der Waals surface area contributed by atoms with E-state index in [4.69, 9.17) is 0 Å². The van der Waals surface area contributed by atoms with Crippen LogP contribution in [0.2, 0.25) is 0 Å². The Morgan fingerprint density at radius 3 is 2.48 bits per heavy atom. The number of likely N-dealkylation sites (tertiary alicyclic amines) is 1. The van der Waals surface area contributed by atoms with Gasteiger partial charge in [0.1, 0.15) is 5.75 Å². The SMILES string of the molecule is Oc1ccc(SCN2C[C@@H]3C[C@@](O)(CC4CCCCC4)C[C@@H]3C2)nc1. The van der Waals surface area contributed by atoms with Crippen molar-refractivity contribution in [1.82, 2.24) is 9.88 Å². The molecule has 138 valence electrons. The van der Waals surface area contributed by atoms with Crippen LogP contribution in [-0.4, -0.2) is 44.7 Å². The van der Waals surface area contributed by atoms with Gasteiger partial charge in [-0.1, -0.05) is 43.9 Å². The van der Waals surface area contributed by atoms with Crippen molar-refractivity contribution in [2.45, 2.75) is 62.0 Å². The number of nitrogens with zero attached hydrogens (tertiary/aromatic N) is 2. The van der Waals surface area contributed by atoms with Crippen LogP contribution in [0.15, 0.2) is 23.4 Å². The maximum atomic E-state index is 11.1. The molecule has 2 saturated carbocycles. The molecule has 1 saturated heterocycles. The average Bonchev–Trinajstić information content (AvgIpc) is 3.09. The molecule has 5 heteroatoms. The van der Waals surface area contributed by atoms with Gasteiger partial charge in [-0.05, 0) is 49.1 Å². The Morgan fingerprint density at radius 1 is 1.12 bits per heavy atom. The summed E-state index contributed by atoms with van der Waals surface area (Å²) < 4.78 is 0. The first-order valence-corrected chi connectivity index (χ1v) is 10.8. The smallest absolute Gasteiger partial charge is 0.133 e. The van der Waals surface area contributed by atoms with Gasteiger partial charge in [0.05, 0.1) is 22.7 Å². The van der Waals surface area contributed by atoms with Gasteiger partial charge in [0, 0.05) is 13.1 Å². The quantitative estimate of drug-likeness (QED) is 0.779. The third-order valence-corrected chi connectivity index (χ3v) is 7.48. The van der Waals surface area contributed by atoms with Crippen LogP contribution < -0.4 is 0 Å². The van der Waals surface area contributed by atoms with Crippen LogP contribution in [0, 0.1) is 17.8 Å². The van der Waals surface area contributed by atoms with Crippen molar-refractivity contribution in [2.75, 3.05) is 19.0 Å². The van der Waals surface area contributed by atoms with Gasteiger partial charge >= 0.3 is 0 Å². The molecule has 0 amide bonds. The van der Waals surface area contributed by atoms with E-state index in [9.17, 15) is 10.2 Å². The fourth-order valence-corrected chi connectivity index (χ4v) is 6.19. The largest absolute Gasteiger partial charge is 0.506 e. The molecule has 0 spiro atoms. The van der Waals surface area contributed by atoms with E-state index in [0.29, 0.717) is 11.8 Å². The monoisotopic (exact) mass is 362 g/mol. The molecule has 0 unspecified atom stereocenters. The van der Waals surface area contributed by atoms with Crippen LogP contribution in [0.25, 0.3) is 0 Å². The Balaban J connectivity index is 1.25. The summed E-state index contributed by atoms with van der Waals surface area (Å²) in [6, 6.07) is 3.57. The summed E-state index contributed by atoms with van der Waals surface area (Å²) in [6.07, 6.45) is 11.4. The fourth-order valence-electron chi connectivity index (χ4n) is 5.37. The number of rotatable bonds is 5. The highest BCUT2D eigenvalue weighted by Crippen LogP contribution is 2.48. The number of aromatic hydroxyl groups is 1. The lowest BCUT2D eigenvalue weighted by Crippen LogP contribution is -2.32. The molecule has 2 heterocycles. The minimum atomic E-state index is -0.380. The molecule has 0 bridgehead atoms. The van der Waals surface area contributed by atoms with E-state index in [1.165, 1.54) is 38.3 Å². The van der Waals surface area contributed by atoms with Crippen molar-refractivity contribution in [3.63, 3.8) is 0 Å². The van der Waals surface area contributed by atoms with Crippen molar-refractivity contribution in [2.24, 2.45) is 17.8 Å². The molecule has 25 heavy (non-hydrogen) atoms. The van der Waals surface area contributed by atoms with Crippen molar-refractivity contribution < 1.29 is 10.2 Å². The van der Waals surface area contributed by atoms with Gasteiger partial charge in [0.25, 0.3) is 0 Å². The van der Waals surface area contributed by atoms with Crippen LogP contribution in [0.5, 0.6) is 5.75 Å². The molecule has 3 fully saturated rings. The number of aliphatic hydroxyl groups is 1. The molecule has 3 aliphatic rings. The minimum Gasteiger partial charge on any atom is -0.506 e. The molecule has 4 nitrogen and oxygen atoms in total. The first-order chi connectivity index (χ1) is 12.1. The van der Waals surface area contributed by atoms with E-state index in [1.807, 2.05) is 6.07 Å². The molecule has 1 aliphatic heterocycles. The fraction of sp³-hybridized carbons (Fsp3) is 0.750. The lowest BCUT2D eigenvalue weighted by atomic mass is 9.79. The van der Waals surface area contributed by atoms with E-state index < -0.39 is 0 Å². The zero-order valence-corrected chi connectivity index (χ0v) is 15.8. The van der Waals surface area contributed by atoms with Gasteiger partial charge in [-0.2, -0.15) is 0 Å². The first-order valence-electron chi connectivity index (χ1n) is 9.82. The molecular weight excluding hydrogens is 332 g/mol. The first kappa shape index (κ1) is 17.6. The summed E-state index contributed by atoms with van der Waals surface area (Å²) >= 11 is 1.73. The van der Waals surface area contributed by atoms with E-state index in [-0.39, 0.29) is 11.4 Å². The van der Waals surface area contributed by atoms with E-state index in [1.54, 1.807) is 17.8 Å². The normalized spacial score (nSPS) is 33.6. The van der Waals surface area contributed by atoms with Crippen molar-refractivity contribution in [3.8, 4) is 5.75 Å².